The summed E-state index contributed by atoms with van der Waals surface area (Å²) in [6, 6.07) is 5.27. The molecule has 0 unspecified atom stereocenters. The van der Waals surface area contributed by atoms with E-state index in [1.807, 2.05) is 32.0 Å². The SMILES string of the molecule is COc1cc(C)c(Cl)c(-c2ccc(C(=O)NC3=NC(CN(C)C)=CC3)c3nccnc23)c1Cl. The monoisotopic (exact) mass is 483 g/mol. The Morgan fingerprint density at radius 2 is 1.88 bits per heavy atom. The number of rotatable bonds is 5. The number of aliphatic imine (C=N–C) groups is 1. The number of likely N-dealkylation sites (N-methyl/N-ethyl adjacent to an activating group) is 1. The van der Waals surface area contributed by atoms with Crippen LogP contribution >= 0.6 is 23.2 Å². The van der Waals surface area contributed by atoms with Gasteiger partial charge >= 0.3 is 0 Å². The van der Waals surface area contributed by atoms with Crippen LogP contribution in [-0.2, 0) is 0 Å². The molecule has 0 fully saturated rings. The summed E-state index contributed by atoms with van der Waals surface area (Å²) < 4.78 is 5.41. The van der Waals surface area contributed by atoms with Crippen molar-refractivity contribution in [2.75, 3.05) is 27.7 Å². The number of hydrogen-bond donors (Lipinski definition) is 1. The number of benzene rings is 2. The number of ether oxygens (including phenoxy) is 1. The summed E-state index contributed by atoms with van der Waals surface area (Å²) in [6.07, 6.45) is 5.70. The average Bonchev–Trinajstić information content (AvgIpc) is 3.22. The quantitative estimate of drug-likeness (QED) is 0.558. The largest absolute Gasteiger partial charge is 0.495 e. The molecule has 9 heteroatoms. The predicted octanol–water partition coefficient (Wildman–Crippen LogP) is 4.90. The third kappa shape index (κ3) is 4.57. The summed E-state index contributed by atoms with van der Waals surface area (Å²) in [5.41, 5.74) is 4.34. The maximum atomic E-state index is 13.1. The second kappa shape index (κ2) is 9.47. The van der Waals surface area contributed by atoms with Gasteiger partial charge in [-0.15, -0.1) is 0 Å². The minimum absolute atomic E-state index is 0.302. The van der Waals surface area contributed by atoms with Crippen LogP contribution in [0.2, 0.25) is 10.0 Å². The summed E-state index contributed by atoms with van der Waals surface area (Å²) in [6.45, 7) is 2.59. The van der Waals surface area contributed by atoms with Gasteiger partial charge in [-0.05, 0) is 38.7 Å². The van der Waals surface area contributed by atoms with E-state index < -0.39 is 0 Å². The standard InChI is InChI=1S/C24H23Cl2N5O2/c1-13-11-17(33-4)21(26)19(20(13)25)15-6-7-16(23-22(15)27-9-10-28-23)24(32)30-18-8-5-14(29-18)12-31(2)3/h5-7,9-11H,8,12H2,1-4H3,(H,29,30,32). The second-order valence-electron chi connectivity index (χ2n) is 7.96. The van der Waals surface area contributed by atoms with Crippen LogP contribution in [0.15, 0.2) is 47.4 Å². The number of methoxy groups -OCH3 is 1. The molecule has 0 spiro atoms. The molecule has 1 aliphatic heterocycles. The topological polar surface area (TPSA) is 79.7 Å². The molecule has 0 saturated carbocycles. The molecule has 4 rings (SSSR count). The smallest absolute Gasteiger partial charge is 0.258 e. The Kier molecular flexibility index (Phi) is 6.65. The zero-order chi connectivity index (χ0) is 23.7. The van der Waals surface area contributed by atoms with E-state index >= 15 is 0 Å². The van der Waals surface area contributed by atoms with Crippen LogP contribution in [0.5, 0.6) is 5.75 Å². The van der Waals surface area contributed by atoms with Crippen LogP contribution in [0.1, 0.15) is 22.3 Å². The molecule has 33 heavy (non-hydrogen) atoms. The van der Waals surface area contributed by atoms with Gasteiger partial charge in [0, 0.05) is 36.5 Å². The molecular formula is C24H23Cl2N5O2. The van der Waals surface area contributed by atoms with E-state index in [1.54, 1.807) is 37.7 Å². The van der Waals surface area contributed by atoms with Crippen molar-refractivity contribution in [1.29, 1.82) is 0 Å². The number of hydrogen-bond acceptors (Lipinski definition) is 6. The van der Waals surface area contributed by atoms with Crippen LogP contribution < -0.4 is 10.1 Å². The number of amides is 1. The van der Waals surface area contributed by atoms with Crippen molar-refractivity contribution in [2.45, 2.75) is 13.3 Å². The van der Waals surface area contributed by atoms with E-state index in [4.69, 9.17) is 27.9 Å². The highest BCUT2D eigenvalue weighted by Crippen LogP contribution is 2.44. The number of amidine groups is 1. The van der Waals surface area contributed by atoms with E-state index in [9.17, 15) is 4.79 Å². The highest BCUT2D eigenvalue weighted by atomic mass is 35.5. The maximum Gasteiger partial charge on any atom is 0.258 e. The summed E-state index contributed by atoms with van der Waals surface area (Å²) in [5, 5.41) is 3.76. The number of aromatic nitrogens is 2. The molecule has 2 heterocycles. The molecule has 3 aromatic rings. The predicted molar refractivity (Wildman–Crippen MR) is 132 cm³/mol. The van der Waals surface area contributed by atoms with E-state index in [1.165, 1.54) is 0 Å². The molecule has 1 aliphatic rings. The number of halogens is 2. The number of nitrogens with one attached hydrogen (secondary N) is 1. The number of nitrogens with zero attached hydrogens (tertiary/aromatic N) is 4. The van der Waals surface area contributed by atoms with Crippen molar-refractivity contribution < 1.29 is 9.53 Å². The Labute approximate surface area is 202 Å². The lowest BCUT2D eigenvalue weighted by Crippen LogP contribution is -2.29. The summed E-state index contributed by atoms with van der Waals surface area (Å²) in [4.78, 5) is 28.6. The molecule has 0 aliphatic carbocycles. The van der Waals surface area contributed by atoms with Crippen molar-refractivity contribution >= 4 is 46.0 Å². The molecule has 0 bridgehead atoms. The summed E-state index contributed by atoms with van der Waals surface area (Å²) in [7, 11) is 5.50. The van der Waals surface area contributed by atoms with Gasteiger partial charge in [-0.25, -0.2) is 4.99 Å². The molecule has 0 atom stereocenters. The molecule has 170 valence electrons. The van der Waals surface area contributed by atoms with Crippen molar-refractivity contribution in [1.82, 2.24) is 20.2 Å². The first-order valence-electron chi connectivity index (χ1n) is 10.3. The van der Waals surface area contributed by atoms with Gasteiger partial charge < -0.3 is 15.0 Å². The highest BCUT2D eigenvalue weighted by Gasteiger charge is 2.22. The Balaban J connectivity index is 1.75. The summed E-state index contributed by atoms with van der Waals surface area (Å²) >= 11 is 13.3. The van der Waals surface area contributed by atoms with Gasteiger partial charge in [0.15, 0.2) is 0 Å². The Morgan fingerprint density at radius 1 is 1.15 bits per heavy atom. The number of fused-ring (bicyclic) bond motifs is 1. The molecule has 1 aromatic heterocycles. The van der Waals surface area contributed by atoms with Crippen molar-refractivity contribution in [2.24, 2.45) is 4.99 Å². The number of carbonyl (C=O) groups excluding carboxylic acids is 1. The third-order valence-corrected chi connectivity index (χ3v) is 6.12. The second-order valence-corrected chi connectivity index (χ2v) is 8.72. The van der Waals surface area contributed by atoms with Gasteiger partial charge in [0.2, 0.25) is 0 Å². The van der Waals surface area contributed by atoms with E-state index in [-0.39, 0.29) is 5.91 Å². The minimum Gasteiger partial charge on any atom is -0.495 e. The zero-order valence-electron chi connectivity index (χ0n) is 18.7. The lowest BCUT2D eigenvalue weighted by molar-refractivity contribution is 0.0978. The van der Waals surface area contributed by atoms with Crippen molar-refractivity contribution in [3.8, 4) is 16.9 Å². The lowest BCUT2D eigenvalue weighted by Gasteiger charge is -2.16. The average molecular weight is 484 g/mol. The lowest BCUT2D eigenvalue weighted by atomic mass is 9.98. The Bertz CT molecular complexity index is 1320. The first kappa shape index (κ1) is 23.2. The van der Waals surface area contributed by atoms with Gasteiger partial charge in [0.1, 0.15) is 17.1 Å². The molecule has 0 saturated heterocycles. The molecule has 7 nitrogen and oxygen atoms in total. The van der Waals surface area contributed by atoms with Crippen molar-refractivity contribution in [3.63, 3.8) is 0 Å². The van der Waals surface area contributed by atoms with E-state index in [0.717, 1.165) is 11.3 Å². The Morgan fingerprint density at radius 3 is 2.58 bits per heavy atom. The van der Waals surface area contributed by atoms with Crippen LogP contribution in [0.3, 0.4) is 0 Å². The van der Waals surface area contributed by atoms with E-state index in [0.29, 0.717) is 62.3 Å². The summed E-state index contributed by atoms with van der Waals surface area (Å²) in [5.74, 6) is 0.810. The third-order valence-electron chi connectivity index (χ3n) is 5.25. The number of carbonyl (C=O) groups is 1. The van der Waals surface area contributed by atoms with Gasteiger partial charge in [0.25, 0.3) is 5.91 Å². The molecule has 2 aromatic carbocycles. The fraction of sp³-hybridized carbons (Fsp3) is 0.250. The van der Waals surface area contributed by atoms with Crippen LogP contribution in [0, 0.1) is 6.92 Å². The highest BCUT2D eigenvalue weighted by molar-refractivity contribution is 6.41. The van der Waals surface area contributed by atoms with Crippen LogP contribution in [0.4, 0.5) is 0 Å². The van der Waals surface area contributed by atoms with Crippen molar-refractivity contribution in [3.05, 3.63) is 63.5 Å². The van der Waals surface area contributed by atoms with Gasteiger partial charge in [-0.1, -0.05) is 35.3 Å². The van der Waals surface area contributed by atoms with Gasteiger partial charge in [0.05, 0.1) is 33.9 Å². The van der Waals surface area contributed by atoms with E-state index in [2.05, 4.69) is 20.3 Å². The number of aryl methyl sites for hydroxylation is 1. The van der Waals surface area contributed by atoms with Gasteiger partial charge in [-0.2, -0.15) is 0 Å². The minimum atomic E-state index is -0.302. The van der Waals surface area contributed by atoms with Crippen LogP contribution in [0.25, 0.3) is 22.2 Å². The Hall–Kier alpha value is -3.00. The normalized spacial score (nSPS) is 13.3. The maximum absolute atomic E-state index is 13.1. The first-order valence-corrected chi connectivity index (χ1v) is 11.0. The fourth-order valence-corrected chi connectivity index (χ4v) is 4.37. The first-order chi connectivity index (χ1) is 15.8. The fourth-order valence-electron chi connectivity index (χ4n) is 3.75. The molecule has 0 radical (unpaired) electrons. The van der Waals surface area contributed by atoms with Crippen LogP contribution in [-0.4, -0.2) is 54.4 Å². The molecule has 1 N–H and O–H groups in total. The van der Waals surface area contributed by atoms with Gasteiger partial charge in [-0.3, -0.25) is 14.8 Å². The molecule has 1 amide bonds. The molecular weight excluding hydrogens is 461 g/mol. The zero-order valence-corrected chi connectivity index (χ0v) is 20.3.